The van der Waals surface area contributed by atoms with Crippen LogP contribution in [0.15, 0.2) is 97.1 Å². The van der Waals surface area contributed by atoms with E-state index in [-0.39, 0.29) is 47.8 Å². The lowest BCUT2D eigenvalue weighted by atomic mass is 9.69. The van der Waals surface area contributed by atoms with Gasteiger partial charge in [0, 0.05) is 11.8 Å². The highest BCUT2D eigenvalue weighted by atomic mass is 16.5. The fraction of sp³-hybridized carbons (Fsp3) is 0.350. The van der Waals surface area contributed by atoms with Crippen LogP contribution in [0.3, 0.4) is 0 Å². The van der Waals surface area contributed by atoms with Crippen molar-refractivity contribution in [1.29, 1.82) is 0 Å². The third kappa shape index (κ3) is 5.58. The molecule has 6 rings (SSSR count). The van der Waals surface area contributed by atoms with Crippen molar-refractivity contribution >= 4 is 11.9 Å². The van der Waals surface area contributed by atoms with Crippen LogP contribution in [-0.4, -0.2) is 25.2 Å². The molecule has 0 saturated heterocycles. The lowest BCUT2D eigenvalue weighted by Gasteiger charge is -2.35. The van der Waals surface area contributed by atoms with E-state index >= 15 is 0 Å². The van der Waals surface area contributed by atoms with Crippen molar-refractivity contribution in [3.05, 3.63) is 119 Å². The van der Waals surface area contributed by atoms with E-state index in [1.165, 1.54) is 0 Å². The summed E-state index contributed by atoms with van der Waals surface area (Å²) in [5.74, 6) is -3.12. The van der Waals surface area contributed by atoms with E-state index in [4.69, 9.17) is 9.47 Å². The van der Waals surface area contributed by atoms with Gasteiger partial charge in [-0.3, -0.25) is 9.59 Å². The van der Waals surface area contributed by atoms with Gasteiger partial charge in [-0.25, -0.2) is 0 Å². The van der Waals surface area contributed by atoms with Gasteiger partial charge in [0.05, 0.1) is 25.0 Å². The van der Waals surface area contributed by atoms with Crippen LogP contribution >= 0.6 is 0 Å². The number of ether oxygens (including phenoxy) is 2. The Hall–Kier alpha value is -4.18. The summed E-state index contributed by atoms with van der Waals surface area (Å²) >= 11 is 0. The quantitative estimate of drug-likeness (QED) is 0.203. The van der Waals surface area contributed by atoms with E-state index in [2.05, 4.69) is 48.5 Å². The van der Waals surface area contributed by atoms with Crippen LogP contribution in [0.4, 0.5) is 0 Å². The van der Waals surface area contributed by atoms with Crippen molar-refractivity contribution in [2.24, 2.45) is 22.7 Å². The SMILES string of the molecule is CC(C)(C)COC(=O)C(C1c2ccccc2-c2ccccc21)C(C(=O)OCC(C)(C)C)C1c2ccccc2-c2ccccc21. The van der Waals surface area contributed by atoms with Gasteiger partial charge in [0.15, 0.2) is 0 Å². The third-order valence-corrected chi connectivity index (χ3v) is 8.71. The summed E-state index contributed by atoms with van der Waals surface area (Å²) in [6.45, 7) is 12.8. The Labute approximate surface area is 261 Å². The molecule has 2 aliphatic carbocycles. The molecule has 4 nitrogen and oxygen atoms in total. The number of carbonyl (C=O) groups is 2. The van der Waals surface area contributed by atoms with Gasteiger partial charge in [0.2, 0.25) is 0 Å². The maximum absolute atomic E-state index is 14.7. The summed E-state index contributed by atoms with van der Waals surface area (Å²) in [6.07, 6.45) is 0. The second-order valence-electron chi connectivity index (χ2n) is 14.7. The molecule has 0 bridgehead atoms. The van der Waals surface area contributed by atoms with Gasteiger partial charge in [-0.1, -0.05) is 139 Å². The minimum Gasteiger partial charge on any atom is -0.465 e. The molecular formula is C40H42O4. The molecule has 2 atom stereocenters. The van der Waals surface area contributed by atoms with Crippen molar-refractivity contribution in [2.45, 2.75) is 53.4 Å². The minimum absolute atomic E-state index is 0.236. The molecule has 226 valence electrons. The highest BCUT2D eigenvalue weighted by Crippen LogP contribution is 2.56. The summed E-state index contributed by atoms with van der Waals surface area (Å²) in [5.41, 5.74) is 8.07. The fourth-order valence-electron chi connectivity index (χ4n) is 6.91. The molecule has 0 amide bonds. The summed E-state index contributed by atoms with van der Waals surface area (Å²) in [5, 5.41) is 0. The average molecular weight is 587 g/mol. The Kier molecular flexibility index (Phi) is 7.73. The molecule has 4 heteroatoms. The molecule has 44 heavy (non-hydrogen) atoms. The van der Waals surface area contributed by atoms with Crippen LogP contribution in [0.1, 0.15) is 75.6 Å². The largest absolute Gasteiger partial charge is 0.465 e. The van der Waals surface area contributed by atoms with Crippen molar-refractivity contribution in [1.82, 2.24) is 0 Å². The summed E-state index contributed by atoms with van der Waals surface area (Å²) < 4.78 is 12.4. The maximum atomic E-state index is 14.7. The third-order valence-electron chi connectivity index (χ3n) is 8.71. The van der Waals surface area contributed by atoms with Crippen LogP contribution in [0.25, 0.3) is 22.3 Å². The van der Waals surface area contributed by atoms with Crippen LogP contribution in [0.2, 0.25) is 0 Å². The predicted octanol–water partition coefficient (Wildman–Crippen LogP) is 9.02. The van der Waals surface area contributed by atoms with Gasteiger partial charge < -0.3 is 9.47 Å². The van der Waals surface area contributed by atoms with Gasteiger partial charge >= 0.3 is 11.9 Å². The van der Waals surface area contributed by atoms with Crippen LogP contribution in [0.5, 0.6) is 0 Å². The maximum Gasteiger partial charge on any atom is 0.310 e. The van der Waals surface area contributed by atoms with Gasteiger partial charge in [0.25, 0.3) is 0 Å². The molecule has 4 aromatic rings. The molecule has 4 aromatic carbocycles. The molecular weight excluding hydrogens is 544 g/mol. The highest BCUT2D eigenvalue weighted by Gasteiger charge is 2.52. The van der Waals surface area contributed by atoms with Gasteiger partial charge in [0.1, 0.15) is 0 Å². The van der Waals surface area contributed by atoms with E-state index in [9.17, 15) is 9.59 Å². The molecule has 0 fully saturated rings. The normalized spacial score (nSPS) is 15.5. The number of benzene rings is 4. The van der Waals surface area contributed by atoms with Crippen molar-refractivity contribution in [3.8, 4) is 22.3 Å². The van der Waals surface area contributed by atoms with E-state index in [1.807, 2.05) is 90.1 Å². The predicted molar refractivity (Wildman–Crippen MR) is 175 cm³/mol. The first-order valence-corrected chi connectivity index (χ1v) is 15.6. The summed E-state index contributed by atoms with van der Waals surface area (Å²) in [6, 6.07) is 33.0. The molecule has 0 radical (unpaired) electrons. The highest BCUT2D eigenvalue weighted by molar-refractivity contribution is 5.90. The van der Waals surface area contributed by atoms with Crippen LogP contribution < -0.4 is 0 Å². The molecule has 0 saturated carbocycles. The molecule has 0 aromatic heterocycles. The van der Waals surface area contributed by atoms with Crippen LogP contribution in [0, 0.1) is 22.7 Å². The van der Waals surface area contributed by atoms with Gasteiger partial charge in [-0.05, 0) is 55.3 Å². The molecule has 0 N–H and O–H groups in total. The number of hydrogen-bond donors (Lipinski definition) is 0. The first-order valence-electron chi connectivity index (χ1n) is 15.6. The zero-order valence-electron chi connectivity index (χ0n) is 26.6. The number of carbonyl (C=O) groups excluding carboxylic acids is 2. The zero-order valence-corrected chi connectivity index (χ0v) is 26.6. The fourth-order valence-corrected chi connectivity index (χ4v) is 6.91. The molecule has 2 aliphatic rings. The first kappa shape index (κ1) is 29.9. The Morgan fingerprint density at radius 3 is 1.00 bits per heavy atom. The Balaban J connectivity index is 1.58. The second kappa shape index (κ2) is 11.4. The monoisotopic (exact) mass is 586 g/mol. The minimum atomic E-state index is -0.821. The van der Waals surface area contributed by atoms with Crippen molar-refractivity contribution in [2.75, 3.05) is 13.2 Å². The Morgan fingerprint density at radius 2 is 0.750 bits per heavy atom. The number of rotatable bonds is 7. The summed E-state index contributed by atoms with van der Waals surface area (Å²) in [7, 11) is 0. The van der Waals surface area contributed by atoms with E-state index in [0.29, 0.717) is 0 Å². The smallest absolute Gasteiger partial charge is 0.310 e. The molecule has 2 unspecified atom stereocenters. The average Bonchev–Trinajstić information content (AvgIpc) is 3.50. The molecule has 0 heterocycles. The Morgan fingerprint density at radius 1 is 0.500 bits per heavy atom. The van der Waals surface area contributed by atoms with E-state index < -0.39 is 11.8 Å². The van der Waals surface area contributed by atoms with E-state index in [1.54, 1.807) is 0 Å². The lowest BCUT2D eigenvalue weighted by molar-refractivity contribution is -0.165. The summed E-state index contributed by atoms with van der Waals surface area (Å²) in [4.78, 5) is 29.4. The topological polar surface area (TPSA) is 52.6 Å². The number of hydrogen-bond acceptors (Lipinski definition) is 4. The standard InChI is InChI=1S/C40H42O4/c1-39(2,3)23-43-37(41)35(33-29-19-11-7-15-25(29)26-16-8-12-20-30(26)33)36(38(42)44-24-40(4,5)6)34-31-21-13-9-17-27(31)28-18-10-14-22-32(28)34/h7-22,33-36H,23-24H2,1-6H3. The molecule has 0 aliphatic heterocycles. The molecule has 0 spiro atoms. The number of fused-ring (bicyclic) bond motifs is 6. The van der Waals surface area contributed by atoms with Crippen molar-refractivity contribution < 1.29 is 19.1 Å². The number of esters is 2. The van der Waals surface area contributed by atoms with E-state index in [0.717, 1.165) is 44.5 Å². The van der Waals surface area contributed by atoms with Gasteiger partial charge in [-0.2, -0.15) is 0 Å². The zero-order chi connectivity index (χ0) is 31.2. The van der Waals surface area contributed by atoms with Crippen LogP contribution in [-0.2, 0) is 19.1 Å². The first-order chi connectivity index (χ1) is 20.9. The second-order valence-corrected chi connectivity index (χ2v) is 14.7. The lowest BCUT2D eigenvalue weighted by Crippen LogP contribution is -2.41. The van der Waals surface area contributed by atoms with Crippen molar-refractivity contribution in [3.63, 3.8) is 0 Å². The van der Waals surface area contributed by atoms with Gasteiger partial charge in [-0.15, -0.1) is 0 Å². The Bertz CT molecular complexity index is 1480.